The van der Waals surface area contributed by atoms with Crippen LogP contribution < -0.4 is 10.4 Å². The largest absolute Gasteiger partial charge is 0.488 e. The fourth-order valence-electron chi connectivity index (χ4n) is 2.85. The Kier molecular flexibility index (Phi) is 4.25. The Morgan fingerprint density at radius 3 is 2.73 bits per heavy atom. The van der Waals surface area contributed by atoms with Crippen molar-refractivity contribution >= 4 is 22.6 Å². The maximum Gasteiger partial charge on any atom is 0.339 e. The van der Waals surface area contributed by atoms with E-state index in [4.69, 9.17) is 20.8 Å². The molecule has 0 saturated heterocycles. The molecule has 0 bridgehead atoms. The molecular formula is C18H19ClO3. The SMILES string of the molecule is CC(C)=CCOc1cc2oc(=O)c3c(c2cc1Cl)CCCC3. The first-order valence-corrected chi connectivity index (χ1v) is 7.98. The van der Waals surface area contributed by atoms with Crippen LogP contribution in [0.3, 0.4) is 0 Å². The third-order valence-corrected chi connectivity index (χ3v) is 4.30. The van der Waals surface area contributed by atoms with Crippen molar-refractivity contribution in [3.8, 4) is 5.75 Å². The predicted molar refractivity (Wildman–Crippen MR) is 89.1 cm³/mol. The summed E-state index contributed by atoms with van der Waals surface area (Å²) >= 11 is 6.34. The minimum Gasteiger partial charge on any atom is -0.488 e. The zero-order valence-corrected chi connectivity index (χ0v) is 13.6. The summed E-state index contributed by atoms with van der Waals surface area (Å²) < 4.78 is 11.1. The lowest BCUT2D eigenvalue weighted by Gasteiger charge is -2.17. The number of aryl methyl sites for hydroxylation is 1. The molecular weight excluding hydrogens is 300 g/mol. The number of fused-ring (bicyclic) bond motifs is 3. The van der Waals surface area contributed by atoms with Crippen molar-refractivity contribution in [3.63, 3.8) is 0 Å². The lowest BCUT2D eigenvalue weighted by atomic mass is 9.91. The van der Waals surface area contributed by atoms with Crippen LogP contribution in [0.2, 0.25) is 5.02 Å². The number of allylic oxidation sites excluding steroid dienone is 1. The highest BCUT2D eigenvalue weighted by atomic mass is 35.5. The van der Waals surface area contributed by atoms with Crippen molar-refractivity contribution in [2.24, 2.45) is 0 Å². The Labute approximate surface area is 134 Å². The summed E-state index contributed by atoms with van der Waals surface area (Å²) in [4.78, 5) is 12.1. The van der Waals surface area contributed by atoms with Crippen LogP contribution in [0.25, 0.3) is 11.0 Å². The summed E-state index contributed by atoms with van der Waals surface area (Å²) in [6, 6.07) is 3.59. The normalized spacial score (nSPS) is 13.8. The van der Waals surface area contributed by atoms with Crippen molar-refractivity contribution in [1.82, 2.24) is 0 Å². The third-order valence-electron chi connectivity index (χ3n) is 4.01. The van der Waals surface area contributed by atoms with Crippen LogP contribution in [-0.4, -0.2) is 6.61 Å². The van der Waals surface area contributed by atoms with E-state index >= 15 is 0 Å². The lowest BCUT2D eigenvalue weighted by Crippen LogP contribution is -2.15. The van der Waals surface area contributed by atoms with E-state index in [1.165, 1.54) is 5.57 Å². The molecule has 2 aromatic rings. The van der Waals surface area contributed by atoms with Gasteiger partial charge in [-0.05, 0) is 57.2 Å². The van der Waals surface area contributed by atoms with Gasteiger partial charge >= 0.3 is 5.63 Å². The Morgan fingerprint density at radius 1 is 1.27 bits per heavy atom. The van der Waals surface area contributed by atoms with Gasteiger partial charge < -0.3 is 9.15 Å². The van der Waals surface area contributed by atoms with E-state index in [0.717, 1.165) is 42.2 Å². The molecule has 0 unspecified atom stereocenters. The van der Waals surface area contributed by atoms with Gasteiger partial charge in [0.1, 0.15) is 17.9 Å². The van der Waals surface area contributed by atoms with Gasteiger partial charge in [0.05, 0.1) is 5.02 Å². The molecule has 3 rings (SSSR count). The van der Waals surface area contributed by atoms with Gasteiger partial charge in [-0.3, -0.25) is 0 Å². The molecule has 0 fully saturated rings. The van der Waals surface area contributed by atoms with Crippen molar-refractivity contribution in [1.29, 1.82) is 0 Å². The van der Waals surface area contributed by atoms with Crippen LogP contribution in [0.15, 0.2) is 33.0 Å². The summed E-state index contributed by atoms with van der Waals surface area (Å²) in [5.74, 6) is 0.547. The van der Waals surface area contributed by atoms with Crippen molar-refractivity contribution < 1.29 is 9.15 Å². The van der Waals surface area contributed by atoms with Gasteiger partial charge in [-0.2, -0.15) is 0 Å². The Hall–Kier alpha value is -1.74. The Bertz CT molecular complexity index is 798. The molecule has 3 nitrogen and oxygen atoms in total. The monoisotopic (exact) mass is 318 g/mol. The number of hydrogen-bond donors (Lipinski definition) is 0. The first-order chi connectivity index (χ1) is 10.6. The fraction of sp³-hybridized carbons (Fsp3) is 0.389. The second-order valence-corrected chi connectivity index (χ2v) is 6.33. The second-order valence-electron chi connectivity index (χ2n) is 5.93. The summed E-state index contributed by atoms with van der Waals surface area (Å²) in [5, 5.41) is 1.49. The van der Waals surface area contributed by atoms with Gasteiger partial charge in [-0.1, -0.05) is 17.2 Å². The number of halogens is 1. The van der Waals surface area contributed by atoms with Crippen LogP contribution >= 0.6 is 11.6 Å². The molecule has 0 radical (unpaired) electrons. The molecule has 1 aliphatic rings. The highest BCUT2D eigenvalue weighted by Gasteiger charge is 2.19. The van der Waals surface area contributed by atoms with Crippen LogP contribution in [0.1, 0.15) is 37.8 Å². The zero-order chi connectivity index (χ0) is 15.7. The van der Waals surface area contributed by atoms with E-state index < -0.39 is 0 Å². The minimum atomic E-state index is -0.222. The van der Waals surface area contributed by atoms with Gasteiger partial charge in [0.25, 0.3) is 0 Å². The van der Waals surface area contributed by atoms with E-state index in [2.05, 4.69) is 0 Å². The van der Waals surface area contributed by atoms with Gasteiger partial charge in [0, 0.05) is 17.0 Å². The summed E-state index contributed by atoms with van der Waals surface area (Å²) in [5.41, 5.74) is 3.42. The first-order valence-electron chi connectivity index (χ1n) is 7.60. The molecule has 4 heteroatoms. The second kappa shape index (κ2) is 6.17. The van der Waals surface area contributed by atoms with Crippen molar-refractivity contribution in [2.75, 3.05) is 6.61 Å². The van der Waals surface area contributed by atoms with Gasteiger partial charge in [0.2, 0.25) is 0 Å². The maximum atomic E-state index is 12.1. The van der Waals surface area contributed by atoms with Crippen LogP contribution in [-0.2, 0) is 12.8 Å². The highest BCUT2D eigenvalue weighted by Crippen LogP contribution is 2.34. The standard InChI is InChI=1S/C18H19ClO3/c1-11(2)7-8-21-17-10-16-14(9-15(17)19)12-5-3-4-6-13(12)18(20)22-16/h7,9-10H,3-6,8H2,1-2H3. The molecule has 1 aromatic carbocycles. The Balaban J connectivity index is 2.06. The van der Waals surface area contributed by atoms with Crippen LogP contribution in [0, 0.1) is 0 Å². The first kappa shape index (κ1) is 15.2. The molecule has 0 aliphatic heterocycles. The molecule has 22 heavy (non-hydrogen) atoms. The molecule has 0 spiro atoms. The van der Waals surface area contributed by atoms with Crippen LogP contribution in [0.5, 0.6) is 5.75 Å². The number of hydrogen-bond acceptors (Lipinski definition) is 3. The number of rotatable bonds is 3. The van der Waals surface area contributed by atoms with Gasteiger partial charge in [-0.25, -0.2) is 4.79 Å². The summed E-state index contributed by atoms with van der Waals surface area (Å²) in [7, 11) is 0. The zero-order valence-electron chi connectivity index (χ0n) is 12.9. The maximum absolute atomic E-state index is 12.1. The minimum absolute atomic E-state index is 0.222. The molecule has 0 atom stereocenters. The molecule has 0 saturated carbocycles. The van der Waals surface area contributed by atoms with E-state index in [-0.39, 0.29) is 5.63 Å². The van der Waals surface area contributed by atoms with E-state index in [0.29, 0.717) is 23.0 Å². The summed E-state index contributed by atoms with van der Waals surface area (Å²) in [6.07, 6.45) is 5.82. The average Bonchev–Trinajstić information content (AvgIpc) is 2.49. The topological polar surface area (TPSA) is 39.4 Å². The number of benzene rings is 1. The van der Waals surface area contributed by atoms with E-state index in [1.54, 1.807) is 6.07 Å². The Morgan fingerprint density at radius 2 is 2.00 bits per heavy atom. The number of ether oxygens (including phenoxy) is 1. The molecule has 1 aromatic heterocycles. The quantitative estimate of drug-likeness (QED) is 0.610. The average molecular weight is 319 g/mol. The molecule has 0 N–H and O–H groups in total. The van der Waals surface area contributed by atoms with Crippen LogP contribution in [0.4, 0.5) is 0 Å². The highest BCUT2D eigenvalue weighted by molar-refractivity contribution is 6.32. The molecule has 1 heterocycles. The summed E-state index contributed by atoms with van der Waals surface area (Å²) in [6.45, 7) is 4.47. The molecule has 1 aliphatic carbocycles. The smallest absolute Gasteiger partial charge is 0.339 e. The molecule has 116 valence electrons. The lowest BCUT2D eigenvalue weighted by molar-refractivity contribution is 0.362. The predicted octanol–water partition coefficient (Wildman–Crippen LogP) is 4.67. The van der Waals surface area contributed by atoms with Gasteiger partial charge in [0.15, 0.2) is 0 Å². The van der Waals surface area contributed by atoms with Crippen molar-refractivity contribution in [2.45, 2.75) is 39.5 Å². The molecule has 0 amide bonds. The van der Waals surface area contributed by atoms with E-state index in [1.807, 2.05) is 26.0 Å². The van der Waals surface area contributed by atoms with E-state index in [9.17, 15) is 4.79 Å². The van der Waals surface area contributed by atoms with Gasteiger partial charge in [-0.15, -0.1) is 0 Å². The third kappa shape index (κ3) is 2.91. The fourth-order valence-corrected chi connectivity index (χ4v) is 3.07. The van der Waals surface area contributed by atoms with Crippen molar-refractivity contribution in [3.05, 3.63) is 50.4 Å².